The summed E-state index contributed by atoms with van der Waals surface area (Å²) in [7, 11) is 0. The third-order valence-electron chi connectivity index (χ3n) is 3.65. The first-order chi connectivity index (χ1) is 10.9. The molecular weight excluding hydrogens is 286 g/mol. The second kappa shape index (κ2) is 7.82. The molecule has 0 atom stereocenters. The first-order valence-corrected chi connectivity index (χ1v) is 7.99. The molecule has 0 aliphatic carbocycles. The van der Waals surface area contributed by atoms with Crippen molar-refractivity contribution < 1.29 is 9.53 Å². The van der Waals surface area contributed by atoms with Gasteiger partial charge in [0.15, 0.2) is 6.61 Å². The minimum Gasteiger partial charge on any atom is -0.484 e. The molecule has 0 fully saturated rings. The van der Waals surface area contributed by atoms with E-state index in [-0.39, 0.29) is 17.9 Å². The lowest BCUT2D eigenvalue weighted by atomic mass is 9.87. The summed E-state index contributed by atoms with van der Waals surface area (Å²) in [6, 6.07) is 18.0. The Morgan fingerprint density at radius 3 is 2.48 bits per heavy atom. The summed E-state index contributed by atoms with van der Waals surface area (Å²) < 4.78 is 5.59. The van der Waals surface area contributed by atoms with Crippen LogP contribution in [0.3, 0.4) is 0 Å². The Morgan fingerprint density at radius 2 is 1.78 bits per heavy atom. The zero-order valence-corrected chi connectivity index (χ0v) is 14.1. The molecule has 1 N–H and O–H groups in total. The van der Waals surface area contributed by atoms with Crippen LogP contribution in [0.4, 0.5) is 0 Å². The van der Waals surface area contributed by atoms with Gasteiger partial charge in [0.2, 0.25) is 0 Å². The molecule has 2 rings (SSSR count). The molecule has 0 heterocycles. The Bertz CT molecular complexity index is 630. The standard InChI is InChI=1S/C20H25NO2/c1-20(2,3)17-10-7-11-18(14-17)23-15-19(22)21-13-12-16-8-5-4-6-9-16/h4-11,14H,12-13,15H2,1-3H3,(H,21,22). The molecule has 0 aromatic heterocycles. The number of carbonyl (C=O) groups is 1. The molecule has 0 aliphatic heterocycles. The van der Waals surface area contributed by atoms with Crippen molar-refractivity contribution in [3.8, 4) is 5.75 Å². The third kappa shape index (κ3) is 5.78. The fourth-order valence-electron chi connectivity index (χ4n) is 2.24. The highest BCUT2D eigenvalue weighted by Gasteiger charge is 2.14. The van der Waals surface area contributed by atoms with Crippen LogP contribution in [0.15, 0.2) is 54.6 Å². The third-order valence-corrected chi connectivity index (χ3v) is 3.65. The number of rotatable bonds is 6. The first kappa shape index (κ1) is 17.1. The maximum atomic E-state index is 11.9. The van der Waals surface area contributed by atoms with E-state index < -0.39 is 0 Å². The van der Waals surface area contributed by atoms with Gasteiger partial charge >= 0.3 is 0 Å². The highest BCUT2D eigenvalue weighted by atomic mass is 16.5. The lowest BCUT2D eigenvalue weighted by Crippen LogP contribution is -2.30. The van der Waals surface area contributed by atoms with Crippen molar-refractivity contribution in [3.05, 3.63) is 65.7 Å². The van der Waals surface area contributed by atoms with Gasteiger partial charge in [0.25, 0.3) is 5.91 Å². The number of ether oxygens (including phenoxy) is 1. The Kier molecular flexibility index (Phi) is 5.80. The van der Waals surface area contributed by atoms with E-state index in [1.165, 1.54) is 11.1 Å². The van der Waals surface area contributed by atoms with Gasteiger partial charge in [-0.1, -0.05) is 63.2 Å². The number of hydrogen-bond donors (Lipinski definition) is 1. The van der Waals surface area contributed by atoms with Crippen molar-refractivity contribution >= 4 is 5.91 Å². The van der Waals surface area contributed by atoms with E-state index in [9.17, 15) is 4.79 Å². The predicted octanol–water partition coefficient (Wildman–Crippen LogP) is 3.72. The van der Waals surface area contributed by atoms with Crippen LogP contribution in [0.5, 0.6) is 5.75 Å². The van der Waals surface area contributed by atoms with Crippen LogP contribution in [-0.4, -0.2) is 19.1 Å². The van der Waals surface area contributed by atoms with Crippen LogP contribution in [0, 0.1) is 0 Å². The lowest BCUT2D eigenvalue weighted by Gasteiger charge is -2.19. The van der Waals surface area contributed by atoms with Crippen LogP contribution in [0.1, 0.15) is 31.9 Å². The predicted molar refractivity (Wildman–Crippen MR) is 93.8 cm³/mol. The molecule has 0 saturated carbocycles. The molecule has 23 heavy (non-hydrogen) atoms. The maximum Gasteiger partial charge on any atom is 0.257 e. The van der Waals surface area contributed by atoms with Crippen molar-refractivity contribution in [1.82, 2.24) is 5.32 Å². The number of nitrogens with one attached hydrogen (secondary N) is 1. The van der Waals surface area contributed by atoms with Gasteiger partial charge in [-0.2, -0.15) is 0 Å². The second-order valence-electron chi connectivity index (χ2n) is 6.65. The molecular formula is C20H25NO2. The number of amides is 1. The zero-order valence-electron chi connectivity index (χ0n) is 14.1. The van der Waals surface area contributed by atoms with E-state index in [1.54, 1.807) is 0 Å². The molecule has 3 heteroatoms. The monoisotopic (exact) mass is 311 g/mol. The minimum atomic E-state index is -0.0953. The summed E-state index contributed by atoms with van der Waals surface area (Å²) in [4.78, 5) is 11.9. The molecule has 0 saturated heterocycles. The van der Waals surface area contributed by atoms with E-state index in [1.807, 2.05) is 36.4 Å². The quantitative estimate of drug-likeness (QED) is 0.883. The molecule has 0 radical (unpaired) electrons. The normalized spacial score (nSPS) is 11.1. The molecule has 122 valence electrons. The van der Waals surface area contributed by atoms with Gasteiger partial charge in [0, 0.05) is 6.54 Å². The molecule has 3 nitrogen and oxygen atoms in total. The molecule has 2 aromatic rings. The number of carbonyl (C=O) groups excluding carboxylic acids is 1. The Balaban J connectivity index is 1.76. The SMILES string of the molecule is CC(C)(C)c1cccc(OCC(=O)NCCc2ccccc2)c1. The van der Waals surface area contributed by atoms with E-state index in [4.69, 9.17) is 4.74 Å². The van der Waals surface area contributed by atoms with E-state index >= 15 is 0 Å². The van der Waals surface area contributed by atoms with Crippen LogP contribution < -0.4 is 10.1 Å². The lowest BCUT2D eigenvalue weighted by molar-refractivity contribution is -0.123. The molecule has 2 aromatic carbocycles. The van der Waals surface area contributed by atoms with Crippen LogP contribution in [0.25, 0.3) is 0 Å². The van der Waals surface area contributed by atoms with Gasteiger partial charge in [-0.05, 0) is 35.1 Å². The van der Waals surface area contributed by atoms with Crippen LogP contribution in [0.2, 0.25) is 0 Å². The van der Waals surface area contributed by atoms with Crippen molar-refractivity contribution in [3.63, 3.8) is 0 Å². The van der Waals surface area contributed by atoms with Gasteiger partial charge in [0.1, 0.15) is 5.75 Å². The summed E-state index contributed by atoms with van der Waals surface area (Å²) >= 11 is 0. The van der Waals surface area contributed by atoms with E-state index in [0.717, 1.165) is 12.2 Å². The Hall–Kier alpha value is -2.29. The highest BCUT2D eigenvalue weighted by Crippen LogP contribution is 2.25. The van der Waals surface area contributed by atoms with Crippen molar-refractivity contribution in [2.24, 2.45) is 0 Å². The Labute approximate surface area is 138 Å². The average molecular weight is 311 g/mol. The second-order valence-corrected chi connectivity index (χ2v) is 6.65. The Morgan fingerprint density at radius 1 is 1.04 bits per heavy atom. The number of benzene rings is 2. The molecule has 0 spiro atoms. The molecule has 0 unspecified atom stereocenters. The van der Waals surface area contributed by atoms with Crippen molar-refractivity contribution in [2.45, 2.75) is 32.6 Å². The molecule has 0 bridgehead atoms. The minimum absolute atomic E-state index is 0.0440. The number of hydrogen-bond acceptors (Lipinski definition) is 2. The van der Waals surface area contributed by atoms with Crippen LogP contribution >= 0.6 is 0 Å². The van der Waals surface area contributed by atoms with Gasteiger partial charge in [-0.25, -0.2) is 0 Å². The summed E-state index contributed by atoms with van der Waals surface area (Å²) in [5.41, 5.74) is 2.48. The molecule has 0 aliphatic rings. The van der Waals surface area contributed by atoms with Crippen LogP contribution in [-0.2, 0) is 16.6 Å². The smallest absolute Gasteiger partial charge is 0.257 e. The average Bonchev–Trinajstić information content (AvgIpc) is 2.53. The summed E-state index contributed by atoms with van der Waals surface area (Å²) in [5, 5.41) is 2.88. The summed E-state index contributed by atoms with van der Waals surface area (Å²) in [6.45, 7) is 7.13. The van der Waals surface area contributed by atoms with E-state index in [0.29, 0.717) is 6.54 Å². The zero-order chi connectivity index (χ0) is 16.7. The van der Waals surface area contributed by atoms with Gasteiger partial charge in [-0.3, -0.25) is 4.79 Å². The van der Waals surface area contributed by atoms with Gasteiger partial charge < -0.3 is 10.1 Å². The summed E-state index contributed by atoms with van der Waals surface area (Å²) in [5.74, 6) is 0.637. The van der Waals surface area contributed by atoms with Gasteiger partial charge in [0.05, 0.1) is 0 Å². The summed E-state index contributed by atoms with van der Waals surface area (Å²) in [6.07, 6.45) is 0.825. The fourth-order valence-corrected chi connectivity index (χ4v) is 2.24. The fraction of sp³-hybridized carbons (Fsp3) is 0.350. The topological polar surface area (TPSA) is 38.3 Å². The van der Waals surface area contributed by atoms with Crippen molar-refractivity contribution in [2.75, 3.05) is 13.2 Å². The largest absolute Gasteiger partial charge is 0.484 e. The first-order valence-electron chi connectivity index (χ1n) is 7.99. The molecule has 1 amide bonds. The van der Waals surface area contributed by atoms with Gasteiger partial charge in [-0.15, -0.1) is 0 Å². The highest BCUT2D eigenvalue weighted by molar-refractivity contribution is 5.77. The van der Waals surface area contributed by atoms with E-state index in [2.05, 4.69) is 44.3 Å². The maximum absolute atomic E-state index is 11.9. The van der Waals surface area contributed by atoms with Crippen molar-refractivity contribution in [1.29, 1.82) is 0 Å².